The summed E-state index contributed by atoms with van der Waals surface area (Å²) in [4.78, 5) is 6.18. The number of H-pyrrole nitrogens is 1. The van der Waals surface area contributed by atoms with Crippen molar-refractivity contribution < 1.29 is 8.42 Å². The Morgan fingerprint density at radius 2 is 2.18 bits per heavy atom. The van der Waals surface area contributed by atoms with Crippen LogP contribution in [-0.2, 0) is 10.0 Å². The van der Waals surface area contributed by atoms with Crippen molar-refractivity contribution in [2.45, 2.75) is 5.03 Å². The Morgan fingerprint density at radius 3 is 2.76 bits per heavy atom. The van der Waals surface area contributed by atoms with Crippen LogP contribution < -0.4 is 10.5 Å². The number of aromatic amines is 1. The van der Waals surface area contributed by atoms with Crippen molar-refractivity contribution in [2.24, 2.45) is 0 Å². The van der Waals surface area contributed by atoms with Gasteiger partial charge in [-0.15, -0.1) is 0 Å². The highest BCUT2D eigenvalue weighted by Gasteiger charge is 2.15. The SMILES string of the molecule is Nc1ccc(NS(=O)(=O)c2cnc[nH]2)cc1Br. The number of halogens is 1. The first-order valence-corrected chi connectivity index (χ1v) is 6.83. The zero-order valence-corrected chi connectivity index (χ0v) is 10.9. The van der Waals surface area contributed by atoms with Crippen LogP contribution in [0.2, 0.25) is 0 Å². The summed E-state index contributed by atoms with van der Waals surface area (Å²) in [7, 11) is -3.63. The van der Waals surface area contributed by atoms with Crippen molar-refractivity contribution in [3.05, 3.63) is 35.2 Å². The highest BCUT2D eigenvalue weighted by Crippen LogP contribution is 2.24. The van der Waals surface area contributed by atoms with Gasteiger partial charge in [-0.2, -0.15) is 8.42 Å². The van der Waals surface area contributed by atoms with Gasteiger partial charge in [-0.25, -0.2) is 4.98 Å². The maximum absolute atomic E-state index is 11.8. The van der Waals surface area contributed by atoms with Crippen molar-refractivity contribution in [3.63, 3.8) is 0 Å². The molecule has 4 N–H and O–H groups in total. The predicted octanol–water partition coefficient (Wildman–Crippen LogP) is 1.56. The molecule has 0 radical (unpaired) electrons. The first kappa shape index (κ1) is 11.9. The molecule has 0 fully saturated rings. The van der Waals surface area contributed by atoms with E-state index in [4.69, 9.17) is 5.73 Å². The molecule has 2 aromatic rings. The van der Waals surface area contributed by atoms with Crippen molar-refractivity contribution >= 4 is 37.3 Å². The maximum atomic E-state index is 11.8. The second-order valence-corrected chi connectivity index (χ2v) is 5.76. The number of nitrogens with two attached hydrogens (primary N) is 1. The van der Waals surface area contributed by atoms with E-state index in [1.807, 2.05) is 0 Å². The van der Waals surface area contributed by atoms with Gasteiger partial charge in [-0.3, -0.25) is 4.72 Å². The highest BCUT2D eigenvalue weighted by molar-refractivity contribution is 9.10. The third kappa shape index (κ3) is 2.59. The summed E-state index contributed by atoms with van der Waals surface area (Å²) < 4.78 is 26.7. The van der Waals surface area contributed by atoms with Gasteiger partial charge in [-0.1, -0.05) is 0 Å². The lowest BCUT2D eigenvalue weighted by atomic mass is 10.3. The normalized spacial score (nSPS) is 11.4. The zero-order valence-electron chi connectivity index (χ0n) is 8.51. The lowest BCUT2D eigenvalue weighted by Crippen LogP contribution is -2.13. The molecule has 0 spiro atoms. The number of nitrogens with one attached hydrogen (secondary N) is 2. The summed E-state index contributed by atoms with van der Waals surface area (Å²) in [6, 6.07) is 4.77. The number of rotatable bonds is 3. The fourth-order valence-corrected chi connectivity index (χ4v) is 2.52. The van der Waals surface area contributed by atoms with Crippen LogP contribution in [0.15, 0.2) is 40.2 Å². The average molecular weight is 317 g/mol. The van der Waals surface area contributed by atoms with E-state index in [9.17, 15) is 8.42 Å². The molecule has 0 atom stereocenters. The van der Waals surface area contributed by atoms with Gasteiger partial charge < -0.3 is 10.7 Å². The Hall–Kier alpha value is -1.54. The minimum absolute atomic E-state index is 0.00504. The molecule has 6 nitrogen and oxygen atoms in total. The number of aromatic nitrogens is 2. The smallest absolute Gasteiger partial charge is 0.278 e. The quantitative estimate of drug-likeness (QED) is 0.748. The largest absolute Gasteiger partial charge is 0.398 e. The Morgan fingerprint density at radius 1 is 1.41 bits per heavy atom. The van der Waals surface area contributed by atoms with E-state index < -0.39 is 10.0 Å². The van der Waals surface area contributed by atoms with Crippen LogP contribution in [0, 0.1) is 0 Å². The Bertz CT molecular complexity index is 624. The van der Waals surface area contributed by atoms with E-state index in [0.717, 1.165) is 0 Å². The van der Waals surface area contributed by atoms with E-state index in [1.165, 1.54) is 12.5 Å². The van der Waals surface area contributed by atoms with E-state index in [-0.39, 0.29) is 5.03 Å². The molecule has 0 saturated heterocycles. The lowest BCUT2D eigenvalue weighted by Gasteiger charge is -2.07. The van der Waals surface area contributed by atoms with Gasteiger partial charge in [0, 0.05) is 10.2 Å². The molecule has 0 saturated carbocycles. The Balaban J connectivity index is 2.30. The van der Waals surface area contributed by atoms with E-state index in [2.05, 4.69) is 30.6 Å². The number of anilines is 2. The number of nitrogens with zero attached hydrogens (tertiary/aromatic N) is 1. The van der Waals surface area contributed by atoms with Gasteiger partial charge in [-0.05, 0) is 34.1 Å². The molecule has 0 unspecified atom stereocenters. The Labute approximate surface area is 106 Å². The molecule has 0 aliphatic rings. The van der Waals surface area contributed by atoms with Crippen LogP contribution in [0.4, 0.5) is 11.4 Å². The van der Waals surface area contributed by atoms with Crippen LogP contribution >= 0.6 is 15.9 Å². The summed E-state index contributed by atoms with van der Waals surface area (Å²) in [5.41, 5.74) is 6.56. The summed E-state index contributed by atoms with van der Waals surface area (Å²) in [5.74, 6) is 0. The van der Waals surface area contributed by atoms with Crippen molar-refractivity contribution in [1.82, 2.24) is 9.97 Å². The molecule has 1 aromatic heterocycles. The average Bonchev–Trinajstić information content (AvgIpc) is 2.77. The molecule has 1 aromatic carbocycles. The monoisotopic (exact) mass is 316 g/mol. The molecule has 1 heterocycles. The standard InChI is InChI=1S/C9H9BrN4O2S/c10-7-3-6(1-2-8(7)11)14-17(15,16)9-4-12-5-13-9/h1-5,14H,11H2,(H,12,13). The van der Waals surface area contributed by atoms with Crippen molar-refractivity contribution in [3.8, 4) is 0 Å². The van der Waals surface area contributed by atoms with Gasteiger partial charge in [0.05, 0.1) is 18.2 Å². The second kappa shape index (κ2) is 4.38. The minimum atomic E-state index is -3.63. The van der Waals surface area contributed by atoms with Gasteiger partial charge in [0.25, 0.3) is 10.0 Å². The fraction of sp³-hybridized carbons (Fsp3) is 0. The van der Waals surface area contributed by atoms with Crippen LogP contribution in [0.3, 0.4) is 0 Å². The number of hydrogen-bond donors (Lipinski definition) is 3. The predicted molar refractivity (Wildman–Crippen MR) is 68.0 cm³/mol. The van der Waals surface area contributed by atoms with E-state index in [1.54, 1.807) is 18.2 Å². The third-order valence-corrected chi connectivity index (χ3v) is 4.01. The topological polar surface area (TPSA) is 101 Å². The van der Waals surface area contributed by atoms with Crippen LogP contribution in [0.1, 0.15) is 0 Å². The van der Waals surface area contributed by atoms with Crippen LogP contribution in [0.25, 0.3) is 0 Å². The summed E-state index contributed by atoms with van der Waals surface area (Å²) in [5, 5.41) is 0.00504. The van der Waals surface area contributed by atoms with Crippen LogP contribution in [0.5, 0.6) is 0 Å². The lowest BCUT2D eigenvalue weighted by molar-refractivity contribution is 0.598. The van der Waals surface area contributed by atoms with Gasteiger partial charge in [0.15, 0.2) is 5.03 Å². The third-order valence-electron chi connectivity index (χ3n) is 2.02. The number of sulfonamides is 1. The number of nitrogen functional groups attached to an aromatic ring is 1. The Kier molecular flexibility index (Phi) is 3.07. The fourth-order valence-electron chi connectivity index (χ4n) is 1.19. The van der Waals surface area contributed by atoms with Gasteiger partial charge in [0.2, 0.25) is 0 Å². The minimum Gasteiger partial charge on any atom is -0.398 e. The van der Waals surface area contributed by atoms with Gasteiger partial charge >= 0.3 is 0 Å². The molecular weight excluding hydrogens is 308 g/mol. The second-order valence-electron chi connectivity index (χ2n) is 3.26. The highest BCUT2D eigenvalue weighted by atomic mass is 79.9. The van der Waals surface area contributed by atoms with E-state index >= 15 is 0 Å². The molecule has 8 heteroatoms. The molecule has 0 aliphatic heterocycles. The molecular formula is C9H9BrN4O2S. The van der Waals surface area contributed by atoms with Gasteiger partial charge in [0.1, 0.15) is 0 Å². The maximum Gasteiger partial charge on any atom is 0.278 e. The summed E-state index contributed by atoms with van der Waals surface area (Å²) in [6.45, 7) is 0. The zero-order chi connectivity index (χ0) is 12.5. The number of imidazole rings is 1. The molecule has 17 heavy (non-hydrogen) atoms. The van der Waals surface area contributed by atoms with E-state index in [0.29, 0.717) is 15.8 Å². The van der Waals surface area contributed by atoms with Crippen LogP contribution in [-0.4, -0.2) is 18.4 Å². The molecule has 0 bridgehead atoms. The van der Waals surface area contributed by atoms with Crippen molar-refractivity contribution in [2.75, 3.05) is 10.5 Å². The molecule has 90 valence electrons. The van der Waals surface area contributed by atoms with Crippen molar-refractivity contribution in [1.29, 1.82) is 0 Å². The first-order valence-electron chi connectivity index (χ1n) is 4.55. The number of benzene rings is 1. The molecule has 0 amide bonds. The first-order chi connectivity index (χ1) is 7.99. The molecule has 0 aliphatic carbocycles. The number of hydrogen-bond acceptors (Lipinski definition) is 4. The summed E-state index contributed by atoms with van der Waals surface area (Å²) >= 11 is 3.22. The summed E-state index contributed by atoms with van der Waals surface area (Å²) in [6.07, 6.45) is 2.53. The molecule has 2 rings (SSSR count).